The highest BCUT2D eigenvalue weighted by Gasteiger charge is 2.14. The second-order valence-electron chi connectivity index (χ2n) is 4.78. The standard InChI is InChI=1S/C18H15B/c19-18-16(14-8-3-1-4-9-14)12-7-13-17(18)15-10-5-2-6-11-15/h1-6,8-12H,7,13H2. The fourth-order valence-corrected chi connectivity index (χ4v) is 2.60. The van der Waals surface area contributed by atoms with Crippen LogP contribution in [0.25, 0.3) is 11.1 Å². The predicted molar refractivity (Wildman–Crippen MR) is 82.8 cm³/mol. The molecule has 1 aliphatic rings. The fourth-order valence-electron chi connectivity index (χ4n) is 2.60. The van der Waals surface area contributed by atoms with E-state index >= 15 is 0 Å². The quantitative estimate of drug-likeness (QED) is 0.683. The highest BCUT2D eigenvalue weighted by molar-refractivity contribution is 6.34. The van der Waals surface area contributed by atoms with Gasteiger partial charge in [-0.15, -0.1) is 0 Å². The molecule has 90 valence electrons. The first-order chi connectivity index (χ1) is 9.36. The van der Waals surface area contributed by atoms with Gasteiger partial charge >= 0.3 is 0 Å². The molecule has 2 aromatic rings. The van der Waals surface area contributed by atoms with Crippen molar-refractivity contribution in [3.8, 4) is 0 Å². The van der Waals surface area contributed by atoms with Crippen molar-refractivity contribution in [1.82, 2.24) is 0 Å². The van der Waals surface area contributed by atoms with Gasteiger partial charge in [-0.05, 0) is 35.1 Å². The number of allylic oxidation sites excluding steroid dienone is 4. The molecule has 2 radical (unpaired) electrons. The Kier molecular flexibility index (Phi) is 3.37. The summed E-state index contributed by atoms with van der Waals surface area (Å²) in [5.41, 5.74) is 5.80. The third-order valence-electron chi connectivity index (χ3n) is 3.57. The van der Waals surface area contributed by atoms with E-state index in [9.17, 15) is 0 Å². The maximum absolute atomic E-state index is 6.40. The van der Waals surface area contributed by atoms with Crippen LogP contribution in [0, 0.1) is 0 Å². The van der Waals surface area contributed by atoms with Crippen molar-refractivity contribution in [3.05, 3.63) is 83.3 Å². The molecule has 0 spiro atoms. The highest BCUT2D eigenvalue weighted by Crippen LogP contribution is 2.35. The smallest absolute Gasteiger partial charge is 0.0856 e. The van der Waals surface area contributed by atoms with E-state index in [1.807, 2.05) is 12.1 Å². The molecule has 3 rings (SSSR count). The van der Waals surface area contributed by atoms with Crippen LogP contribution < -0.4 is 0 Å². The van der Waals surface area contributed by atoms with E-state index < -0.39 is 0 Å². The van der Waals surface area contributed by atoms with Gasteiger partial charge in [0, 0.05) is 0 Å². The van der Waals surface area contributed by atoms with Crippen molar-refractivity contribution in [3.63, 3.8) is 0 Å². The van der Waals surface area contributed by atoms with E-state index in [1.54, 1.807) is 0 Å². The normalized spacial score (nSPS) is 15.3. The molecule has 0 atom stereocenters. The van der Waals surface area contributed by atoms with E-state index in [1.165, 1.54) is 22.3 Å². The molecule has 1 aliphatic carbocycles. The lowest BCUT2D eigenvalue weighted by Crippen LogP contribution is -2.01. The molecule has 0 fully saturated rings. The van der Waals surface area contributed by atoms with Crippen LogP contribution in [0.3, 0.4) is 0 Å². The Morgan fingerprint density at radius 1 is 0.737 bits per heavy atom. The van der Waals surface area contributed by atoms with Crippen molar-refractivity contribution < 1.29 is 0 Å². The van der Waals surface area contributed by atoms with E-state index in [0.717, 1.165) is 18.3 Å². The highest BCUT2D eigenvalue weighted by atomic mass is 14.2. The zero-order chi connectivity index (χ0) is 13.1. The van der Waals surface area contributed by atoms with E-state index in [2.05, 4.69) is 54.6 Å². The summed E-state index contributed by atoms with van der Waals surface area (Å²) in [5, 5.41) is 0. The summed E-state index contributed by atoms with van der Waals surface area (Å²) in [4.78, 5) is 0. The fraction of sp³-hybridized carbons (Fsp3) is 0.111. The number of rotatable bonds is 2. The topological polar surface area (TPSA) is 0 Å². The lowest BCUT2D eigenvalue weighted by Gasteiger charge is -2.21. The molecule has 0 amide bonds. The monoisotopic (exact) mass is 242 g/mol. The van der Waals surface area contributed by atoms with Crippen LogP contribution in [-0.4, -0.2) is 7.85 Å². The number of hydrogen-bond acceptors (Lipinski definition) is 0. The Bertz CT molecular complexity index is 621. The largest absolute Gasteiger partial charge is 0.115 e. The van der Waals surface area contributed by atoms with Crippen LogP contribution in [0.1, 0.15) is 24.0 Å². The van der Waals surface area contributed by atoms with Crippen molar-refractivity contribution in [1.29, 1.82) is 0 Å². The Morgan fingerprint density at radius 2 is 1.32 bits per heavy atom. The second-order valence-corrected chi connectivity index (χ2v) is 4.78. The summed E-state index contributed by atoms with van der Waals surface area (Å²) >= 11 is 0. The maximum Gasteiger partial charge on any atom is 0.115 e. The van der Waals surface area contributed by atoms with E-state index in [4.69, 9.17) is 7.85 Å². The van der Waals surface area contributed by atoms with Crippen molar-refractivity contribution in [2.75, 3.05) is 0 Å². The van der Waals surface area contributed by atoms with E-state index in [0.29, 0.717) is 0 Å². The predicted octanol–water partition coefficient (Wildman–Crippen LogP) is 4.44. The van der Waals surface area contributed by atoms with Gasteiger partial charge in [0.25, 0.3) is 0 Å². The molecular weight excluding hydrogens is 227 g/mol. The van der Waals surface area contributed by atoms with Crippen LogP contribution in [0.15, 0.2) is 72.2 Å². The lowest BCUT2D eigenvalue weighted by molar-refractivity contribution is 1.05. The van der Waals surface area contributed by atoms with Crippen molar-refractivity contribution in [2.45, 2.75) is 12.8 Å². The van der Waals surface area contributed by atoms with Gasteiger partial charge in [0.1, 0.15) is 7.85 Å². The molecule has 1 heteroatoms. The minimum absolute atomic E-state index is 0.920. The summed E-state index contributed by atoms with van der Waals surface area (Å²) in [6, 6.07) is 20.8. The van der Waals surface area contributed by atoms with Gasteiger partial charge in [0.05, 0.1) is 0 Å². The van der Waals surface area contributed by atoms with Crippen LogP contribution in [0.5, 0.6) is 0 Å². The summed E-state index contributed by atoms with van der Waals surface area (Å²) < 4.78 is 0. The van der Waals surface area contributed by atoms with Crippen molar-refractivity contribution >= 4 is 19.0 Å². The number of benzene rings is 2. The number of hydrogen-bond donors (Lipinski definition) is 0. The van der Waals surface area contributed by atoms with Crippen LogP contribution in [0.2, 0.25) is 0 Å². The molecule has 0 saturated carbocycles. The second kappa shape index (κ2) is 5.32. The zero-order valence-corrected chi connectivity index (χ0v) is 10.8. The molecule has 0 heterocycles. The third-order valence-corrected chi connectivity index (χ3v) is 3.57. The molecule has 0 aliphatic heterocycles. The minimum atomic E-state index is 0.920. The van der Waals surface area contributed by atoms with Gasteiger partial charge in [-0.3, -0.25) is 0 Å². The molecule has 0 N–H and O–H groups in total. The Labute approximate surface area is 115 Å². The van der Waals surface area contributed by atoms with Crippen LogP contribution in [0.4, 0.5) is 0 Å². The SMILES string of the molecule is [B]C1=C(c2ccccc2)CCC=C1c1ccccc1. The third kappa shape index (κ3) is 2.41. The summed E-state index contributed by atoms with van der Waals surface area (Å²) in [7, 11) is 6.40. The Hall–Kier alpha value is -2.02. The summed E-state index contributed by atoms with van der Waals surface area (Å²) in [5.74, 6) is 0. The molecule has 2 aromatic carbocycles. The summed E-state index contributed by atoms with van der Waals surface area (Å²) in [6.45, 7) is 0. The lowest BCUT2D eigenvalue weighted by atomic mass is 9.74. The van der Waals surface area contributed by atoms with Gasteiger partial charge < -0.3 is 0 Å². The average molecular weight is 242 g/mol. The molecule has 0 bridgehead atoms. The molecule has 0 unspecified atom stereocenters. The Morgan fingerprint density at radius 3 is 1.95 bits per heavy atom. The maximum atomic E-state index is 6.40. The van der Waals surface area contributed by atoms with Gasteiger partial charge in [0.2, 0.25) is 0 Å². The first-order valence-electron chi connectivity index (χ1n) is 6.66. The zero-order valence-electron chi connectivity index (χ0n) is 10.8. The first kappa shape index (κ1) is 12.0. The van der Waals surface area contributed by atoms with Gasteiger partial charge in [-0.25, -0.2) is 0 Å². The molecule has 0 aromatic heterocycles. The van der Waals surface area contributed by atoms with Gasteiger partial charge in [-0.2, -0.15) is 0 Å². The first-order valence-corrected chi connectivity index (χ1v) is 6.66. The van der Waals surface area contributed by atoms with Gasteiger partial charge in [-0.1, -0.05) is 72.2 Å². The van der Waals surface area contributed by atoms with Crippen LogP contribution in [-0.2, 0) is 0 Å². The average Bonchev–Trinajstić information content (AvgIpc) is 2.49. The molecule has 0 nitrogen and oxygen atoms in total. The van der Waals surface area contributed by atoms with Crippen molar-refractivity contribution in [2.24, 2.45) is 0 Å². The minimum Gasteiger partial charge on any atom is -0.0856 e. The molecular formula is C18H15B. The molecule has 0 saturated heterocycles. The van der Waals surface area contributed by atoms with Crippen LogP contribution >= 0.6 is 0 Å². The Balaban J connectivity index is 2.05. The molecule has 19 heavy (non-hydrogen) atoms. The van der Waals surface area contributed by atoms with Gasteiger partial charge in [0.15, 0.2) is 0 Å². The summed E-state index contributed by atoms with van der Waals surface area (Å²) in [6.07, 6.45) is 4.32. The van der Waals surface area contributed by atoms with E-state index in [-0.39, 0.29) is 0 Å².